The van der Waals surface area contributed by atoms with E-state index < -0.39 is 0 Å². The van der Waals surface area contributed by atoms with Crippen LogP contribution in [0, 0.1) is 11.7 Å². The molecule has 0 saturated heterocycles. The third-order valence-electron chi connectivity index (χ3n) is 6.52. The average Bonchev–Trinajstić information content (AvgIpc) is 3.52. The van der Waals surface area contributed by atoms with Gasteiger partial charge in [0.2, 0.25) is 5.91 Å². The van der Waals surface area contributed by atoms with Gasteiger partial charge in [0.15, 0.2) is 5.82 Å². The molecule has 2 amide bonds. The van der Waals surface area contributed by atoms with Crippen molar-refractivity contribution in [2.75, 3.05) is 19.5 Å². The number of nitrogens with zero attached hydrogens (tertiary/aromatic N) is 1. The van der Waals surface area contributed by atoms with E-state index >= 15 is 4.39 Å². The van der Waals surface area contributed by atoms with Gasteiger partial charge in [-0.3, -0.25) is 9.59 Å². The molecule has 2 saturated carbocycles. The Hall–Kier alpha value is -3.26. The largest absolute Gasteiger partial charge is 0.381 e. The molecule has 2 aromatic heterocycles. The molecule has 1 aromatic carbocycles. The normalized spacial score (nSPS) is 20.1. The molecule has 0 radical (unpaired) electrons. The van der Waals surface area contributed by atoms with Gasteiger partial charge in [-0.1, -0.05) is 12.1 Å². The lowest BCUT2D eigenvalue weighted by atomic mass is 9.77. The van der Waals surface area contributed by atoms with Gasteiger partial charge in [0, 0.05) is 42.9 Å². The molecule has 8 heteroatoms. The minimum atomic E-state index is -0.303. The summed E-state index contributed by atoms with van der Waals surface area (Å²) >= 11 is 0. The Labute approximate surface area is 184 Å². The predicted octanol–water partition coefficient (Wildman–Crippen LogP) is 3.97. The minimum absolute atomic E-state index is 0.00688. The fourth-order valence-corrected chi connectivity index (χ4v) is 4.32. The first-order chi connectivity index (χ1) is 15.5. The van der Waals surface area contributed by atoms with E-state index in [0.717, 1.165) is 25.7 Å². The Morgan fingerprint density at radius 1 is 1.25 bits per heavy atom. The number of amides is 2. The highest BCUT2D eigenvalue weighted by atomic mass is 19.1. The molecular weight excluding hydrogens is 411 g/mol. The van der Waals surface area contributed by atoms with Crippen molar-refractivity contribution in [1.29, 1.82) is 0 Å². The third kappa shape index (κ3) is 3.54. The maximum absolute atomic E-state index is 15.5. The average molecular weight is 436 g/mol. The van der Waals surface area contributed by atoms with Gasteiger partial charge in [-0.25, -0.2) is 9.37 Å². The predicted molar refractivity (Wildman–Crippen MR) is 119 cm³/mol. The molecule has 32 heavy (non-hydrogen) atoms. The highest BCUT2D eigenvalue weighted by Gasteiger charge is 2.33. The molecule has 2 fully saturated rings. The SMILES string of the molecule is CNC(=O)c1cnc(NC(=O)C2CC2)c2[nH]c(-c3cccc([C@H]4C[C@H](OC)C4)c3F)cc12. The van der Waals surface area contributed by atoms with Crippen LogP contribution in [0.15, 0.2) is 30.5 Å². The van der Waals surface area contributed by atoms with Crippen molar-refractivity contribution in [2.45, 2.75) is 37.7 Å². The number of hydrogen-bond donors (Lipinski definition) is 3. The van der Waals surface area contributed by atoms with Crippen LogP contribution in [0.25, 0.3) is 22.2 Å². The van der Waals surface area contributed by atoms with Crippen molar-refractivity contribution < 1.29 is 18.7 Å². The summed E-state index contributed by atoms with van der Waals surface area (Å²) in [6, 6.07) is 7.12. The molecule has 0 atom stereocenters. The number of halogens is 1. The van der Waals surface area contributed by atoms with E-state index in [1.54, 1.807) is 26.3 Å². The molecule has 7 nitrogen and oxygen atoms in total. The quantitative estimate of drug-likeness (QED) is 0.545. The number of ether oxygens (including phenoxy) is 1. The van der Waals surface area contributed by atoms with E-state index in [0.29, 0.717) is 39.1 Å². The van der Waals surface area contributed by atoms with Crippen LogP contribution in [0.3, 0.4) is 0 Å². The molecule has 2 aliphatic carbocycles. The monoisotopic (exact) mass is 436 g/mol. The molecule has 0 bridgehead atoms. The van der Waals surface area contributed by atoms with Crippen molar-refractivity contribution in [3.05, 3.63) is 47.4 Å². The Kier molecular flexibility index (Phi) is 5.17. The number of aromatic amines is 1. The van der Waals surface area contributed by atoms with Crippen LogP contribution >= 0.6 is 0 Å². The smallest absolute Gasteiger partial charge is 0.253 e. The van der Waals surface area contributed by atoms with E-state index in [9.17, 15) is 9.59 Å². The van der Waals surface area contributed by atoms with Crippen molar-refractivity contribution >= 4 is 28.5 Å². The lowest BCUT2D eigenvalue weighted by molar-refractivity contribution is -0.117. The lowest BCUT2D eigenvalue weighted by Crippen LogP contribution is -2.29. The van der Waals surface area contributed by atoms with Crippen LogP contribution < -0.4 is 10.6 Å². The Balaban J connectivity index is 1.57. The topological polar surface area (TPSA) is 96.1 Å². The highest BCUT2D eigenvalue weighted by Crippen LogP contribution is 2.42. The number of aromatic nitrogens is 2. The van der Waals surface area contributed by atoms with Crippen molar-refractivity contribution in [3.63, 3.8) is 0 Å². The number of fused-ring (bicyclic) bond motifs is 1. The number of carbonyl (C=O) groups excluding carboxylic acids is 2. The Morgan fingerprint density at radius 2 is 2.03 bits per heavy atom. The van der Waals surface area contributed by atoms with Gasteiger partial charge in [-0.15, -0.1) is 0 Å². The number of nitrogens with one attached hydrogen (secondary N) is 3. The van der Waals surface area contributed by atoms with Gasteiger partial charge < -0.3 is 20.4 Å². The zero-order chi connectivity index (χ0) is 22.4. The van der Waals surface area contributed by atoms with E-state index in [1.165, 1.54) is 6.20 Å². The summed E-state index contributed by atoms with van der Waals surface area (Å²) in [6.45, 7) is 0. The second-order valence-electron chi connectivity index (χ2n) is 8.57. The fourth-order valence-electron chi connectivity index (χ4n) is 4.32. The molecule has 2 aliphatic rings. The van der Waals surface area contributed by atoms with E-state index in [4.69, 9.17) is 4.74 Å². The lowest BCUT2D eigenvalue weighted by Gasteiger charge is -2.34. The van der Waals surface area contributed by atoms with Gasteiger partial charge >= 0.3 is 0 Å². The van der Waals surface area contributed by atoms with E-state index in [2.05, 4.69) is 20.6 Å². The molecule has 2 heterocycles. The Morgan fingerprint density at radius 3 is 2.72 bits per heavy atom. The second kappa shape index (κ2) is 8.02. The first-order valence-electron chi connectivity index (χ1n) is 10.9. The number of pyridine rings is 1. The number of hydrogen-bond acceptors (Lipinski definition) is 4. The standard InChI is InChI=1S/C24H25FN4O3/c1-26-24(31)18-11-27-22(29-23(30)12-6-7-12)21-17(18)10-19(28-21)16-5-3-4-15(20(16)25)13-8-14(9-13)32-2/h3-5,10-14,28H,6-9H2,1-2H3,(H,26,31)(H,27,29,30)/t13-,14-. The summed E-state index contributed by atoms with van der Waals surface area (Å²) in [5, 5.41) is 6.03. The molecule has 0 unspecified atom stereocenters. The second-order valence-corrected chi connectivity index (χ2v) is 8.57. The maximum atomic E-state index is 15.5. The van der Waals surface area contributed by atoms with Crippen LogP contribution in [-0.4, -0.2) is 42.0 Å². The van der Waals surface area contributed by atoms with Crippen LogP contribution in [0.5, 0.6) is 0 Å². The summed E-state index contributed by atoms with van der Waals surface area (Å²) in [6.07, 6.45) is 4.94. The maximum Gasteiger partial charge on any atom is 0.253 e. The molecule has 0 aliphatic heterocycles. The first-order valence-corrected chi connectivity index (χ1v) is 10.9. The summed E-state index contributed by atoms with van der Waals surface area (Å²) < 4.78 is 20.9. The van der Waals surface area contributed by atoms with Crippen LogP contribution in [-0.2, 0) is 9.53 Å². The van der Waals surface area contributed by atoms with Crippen molar-refractivity contribution in [2.24, 2.45) is 5.92 Å². The zero-order valence-electron chi connectivity index (χ0n) is 18.0. The Bertz CT molecular complexity index is 1210. The number of carbonyl (C=O) groups is 2. The molecular formula is C24H25FN4O3. The van der Waals surface area contributed by atoms with Gasteiger partial charge in [-0.2, -0.15) is 0 Å². The highest BCUT2D eigenvalue weighted by molar-refractivity contribution is 6.11. The van der Waals surface area contributed by atoms with Gasteiger partial charge in [-0.05, 0) is 49.3 Å². The molecule has 166 valence electrons. The van der Waals surface area contributed by atoms with Crippen LogP contribution in [0.2, 0.25) is 0 Å². The summed E-state index contributed by atoms with van der Waals surface area (Å²) in [4.78, 5) is 32.2. The van der Waals surface area contributed by atoms with Gasteiger partial charge in [0.25, 0.3) is 5.91 Å². The van der Waals surface area contributed by atoms with Crippen LogP contribution in [0.1, 0.15) is 47.5 Å². The zero-order valence-corrected chi connectivity index (χ0v) is 18.0. The fraction of sp³-hybridized carbons (Fsp3) is 0.375. The first kappa shape index (κ1) is 20.6. The van der Waals surface area contributed by atoms with Gasteiger partial charge in [0.05, 0.1) is 17.2 Å². The van der Waals surface area contributed by atoms with Crippen molar-refractivity contribution in [3.8, 4) is 11.3 Å². The van der Waals surface area contributed by atoms with Crippen molar-refractivity contribution in [1.82, 2.24) is 15.3 Å². The number of benzene rings is 1. The van der Waals surface area contributed by atoms with E-state index in [1.807, 2.05) is 12.1 Å². The summed E-state index contributed by atoms with van der Waals surface area (Å²) in [7, 11) is 3.22. The number of methoxy groups -OCH3 is 1. The minimum Gasteiger partial charge on any atom is -0.381 e. The summed E-state index contributed by atoms with van der Waals surface area (Å²) in [5.74, 6) is -0.199. The molecule has 0 spiro atoms. The summed E-state index contributed by atoms with van der Waals surface area (Å²) in [5.41, 5.74) is 2.47. The number of rotatable bonds is 6. The molecule has 5 rings (SSSR count). The number of anilines is 1. The molecule has 3 aromatic rings. The molecule has 3 N–H and O–H groups in total. The third-order valence-corrected chi connectivity index (χ3v) is 6.52. The number of H-pyrrole nitrogens is 1. The van der Waals surface area contributed by atoms with Crippen LogP contribution in [0.4, 0.5) is 10.2 Å². The van der Waals surface area contributed by atoms with Gasteiger partial charge in [0.1, 0.15) is 5.82 Å². The van der Waals surface area contributed by atoms with E-state index in [-0.39, 0.29) is 35.6 Å².